The number of carbonyl (C=O) groups is 1. The van der Waals surface area contributed by atoms with Crippen LogP contribution in [0.25, 0.3) is 20.7 Å². The minimum atomic E-state index is -0.432. The Labute approximate surface area is 350 Å². The van der Waals surface area contributed by atoms with E-state index in [1.807, 2.05) is 91.5 Å². The zero-order valence-electron chi connectivity index (χ0n) is 33.3. The summed E-state index contributed by atoms with van der Waals surface area (Å²) in [6.07, 6.45) is 1.89. The van der Waals surface area contributed by atoms with E-state index in [9.17, 15) is 18.8 Å². The van der Waals surface area contributed by atoms with Gasteiger partial charge in [-0.1, -0.05) is 54.6 Å². The molecule has 0 saturated carbocycles. The van der Waals surface area contributed by atoms with Crippen LogP contribution < -0.4 is 20.7 Å². The van der Waals surface area contributed by atoms with E-state index in [2.05, 4.69) is 6.07 Å². The summed E-state index contributed by atoms with van der Waals surface area (Å²) < 4.78 is 29.8. The van der Waals surface area contributed by atoms with Crippen molar-refractivity contribution < 1.29 is 18.7 Å². The molecule has 0 aliphatic carbocycles. The first-order chi connectivity index (χ1) is 28.7. The van der Waals surface area contributed by atoms with Crippen LogP contribution in [0.4, 0.5) is 4.39 Å². The fraction of sp³-hybridized carbons (Fsp3) is 0.319. The van der Waals surface area contributed by atoms with Crippen molar-refractivity contribution in [3.8, 4) is 21.9 Å². The number of piperidine rings is 1. The van der Waals surface area contributed by atoms with Gasteiger partial charge >= 0.3 is 5.69 Å². The number of nitrogens with zero attached hydrogens (tertiary/aromatic N) is 4. The summed E-state index contributed by atoms with van der Waals surface area (Å²) in [5.41, 5.74) is 6.54. The summed E-state index contributed by atoms with van der Waals surface area (Å²) in [5.74, 6) is 3.36. The SMILES string of the molecule is CCOc1cc2c(cc1OC)C(c1ccc(C(=O)N3CCC(n4c(=O)c5sc(-c6ccccc6)cc5n(Cc5ccc(C)c(F)c5)c4=O)CC3)cc1)=N[C@@H]1CCSC[C@H]21. The van der Waals surface area contributed by atoms with Gasteiger partial charge in [0.25, 0.3) is 11.5 Å². The third-order valence-corrected chi connectivity index (χ3v) is 14.2. The monoisotopic (exact) mass is 828 g/mol. The van der Waals surface area contributed by atoms with Gasteiger partial charge < -0.3 is 14.4 Å². The van der Waals surface area contributed by atoms with Crippen molar-refractivity contribution in [1.82, 2.24) is 14.0 Å². The average molecular weight is 829 g/mol. The molecular formula is C47H45FN4O5S2. The molecule has 302 valence electrons. The van der Waals surface area contributed by atoms with Crippen LogP contribution in [-0.2, 0) is 6.54 Å². The molecule has 6 aromatic rings. The van der Waals surface area contributed by atoms with Crippen LogP contribution in [0.15, 0.2) is 106 Å². The lowest BCUT2D eigenvalue weighted by atomic mass is 9.81. The zero-order valence-corrected chi connectivity index (χ0v) is 34.9. The summed E-state index contributed by atoms with van der Waals surface area (Å²) in [6, 6.07) is 28.3. The Bertz CT molecular complexity index is 2720. The number of aromatic nitrogens is 2. The number of aryl methyl sites for hydroxylation is 1. The van der Waals surface area contributed by atoms with Crippen LogP contribution >= 0.6 is 23.1 Å². The average Bonchev–Trinajstić information content (AvgIpc) is 3.72. The molecule has 5 heterocycles. The van der Waals surface area contributed by atoms with E-state index in [1.165, 1.54) is 27.5 Å². The number of hydrogen-bond donors (Lipinski definition) is 0. The third-order valence-electron chi connectivity index (χ3n) is 11.9. The van der Waals surface area contributed by atoms with Gasteiger partial charge in [0.1, 0.15) is 10.5 Å². The maximum atomic E-state index is 14.7. The van der Waals surface area contributed by atoms with Gasteiger partial charge in [0.05, 0.1) is 37.5 Å². The van der Waals surface area contributed by atoms with Gasteiger partial charge in [0.2, 0.25) is 0 Å². The Balaban J connectivity index is 0.973. The molecule has 1 amide bonds. The van der Waals surface area contributed by atoms with Gasteiger partial charge in [-0.15, -0.1) is 11.3 Å². The van der Waals surface area contributed by atoms with Crippen LogP contribution in [0.1, 0.15) is 76.3 Å². The molecule has 2 atom stereocenters. The van der Waals surface area contributed by atoms with Gasteiger partial charge in [-0.2, -0.15) is 11.8 Å². The number of amides is 1. The molecule has 2 fully saturated rings. The van der Waals surface area contributed by atoms with Crippen molar-refractivity contribution in [2.75, 3.05) is 38.3 Å². The molecule has 3 aliphatic heterocycles. The van der Waals surface area contributed by atoms with Gasteiger partial charge in [-0.3, -0.25) is 23.7 Å². The summed E-state index contributed by atoms with van der Waals surface area (Å²) in [4.78, 5) is 50.5. The molecule has 2 saturated heterocycles. The van der Waals surface area contributed by atoms with Crippen molar-refractivity contribution in [3.63, 3.8) is 0 Å². The van der Waals surface area contributed by atoms with Crippen molar-refractivity contribution in [1.29, 1.82) is 0 Å². The molecule has 0 radical (unpaired) electrons. The number of fused-ring (bicyclic) bond motifs is 4. The number of carbonyl (C=O) groups excluding carboxylic acids is 1. The van der Waals surface area contributed by atoms with Crippen molar-refractivity contribution in [2.45, 2.75) is 57.7 Å². The molecule has 4 aromatic carbocycles. The Hall–Kier alpha value is -5.46. The fourth-order valence-electron chi connectivity index (χ4n) is 8.74. The smallest absolute Gasteiger partial charge is 0.332 e. The largest absolute Gasteiger partial charge is 0.493 e. The number of hydrogen-bond acceptors (Lipinski definition) is 8. The van der Waals surface area contributed by atoms with Crippen LogP contribution in [0.2, 0.25) is 0 Å². The summed E-state index contributed by atoms with van der Waals surface area (Å²) >= 11 is 3.32. The molecule has 0 N–H and O–H groups in total. The second-order valence-corrected chi connectivity index (χ2v) is 17.7. The maximum Gasteiger partial charge on any atom is 0.332 e. The van der Waals surface area contributed by atoms with Gasteiger partial charge in [0, 0.05) is 52.4 Å². The predicted molar refractivity (Wildman–Crippen MR) is 235 cm³/mol. The quantitative estimate of drug-likeness (QED) is 0.145. The number of benzene rings is 4. The number of thiophene rings is 1. The highest BCUT2D eigenvalue weighted by molar-refractivity contribution is 7.99. The molecule has 0 spiro atoms. The molecule has 12 heteroatoms. The number of likely N-dealkylation sites (tertiary alicyclic amines) is 1. The molecule has 0 bridgehead atoms. The molecular weight excluding hydrogens is 784 g/mol. The third kappa shape index (κ3) is 7.31. The van der Waals surface area contributed by atoms with Crippen LogP contribution in [0.3, 0.4) is 0 Å². The lowest BCUT2D eigenvalue weighted by Crippen LogP contribution is -2.46. The van der Waals surface area contributed by atoms with E-state index in [1.54, 1.807) is 29.6 Å². The molecule has 2 aromatic heterocycles. The standard InChI is InChI=1S/C47H45FN4O5S2/c1-4-57-41-23-34-35(24-40(41)56-3)43(49-38-18-21-58-27-36(34)38)31-12-14-32(15-13-31)45(53)50-19-16-33(17-20-50)52-46(54)44-39(25-42(59-44)30-8-6-5-7-9-30)51(47(52)55)26-29-11-10-28(2)37(48)22-29/h5-15,22-25,33,36,38H,4,16-21,26-27H2,1-3H3/t36-,38-/m1/s1. The number of ether oxygens (including phenoxy) is 2. The van der Waals surface area contributed by atoms with Gasteiger partial charge in [-0.05, 0) is 97.5 Å². The predicted octanol–water partition coefficient (Wildman–Crippen LogP) is 8.71. The number of methoxy groups -OCH3 is 1. The summed E-state index contributed by atoms with van der Waals surface area (Å²) in [7, 11) is 1.65. The van der Waals surface area contributed by atoms with E-state index in [0.717, 1.165) is 51.0 Å². The molecule has 9 rings (SSSR count). The van der Waals surface area contributed by atoms with Crippen LogP contribution in [-0.4, -0.2) is 70.0 Å². The van der Waals surface area contributed by atoms with E-state index in [-0.39, 0.29) is 29.9 Å². The zero-order chi connectivity index (χ0) is 40.8. The fourth-order valence-corrected chi connectivity index (χ4v) is 11.1. The maximum absolute atomic E-state index is 14.7. The number of thioether (sulfide) groups is 1. The number of aliphatic imine (C=N–C) groups is 1. The Kier molecular flexibility index (Phi) is 10.8. The van der Waals surface area contributed by atoms with Crippen LogP contribution in [0.5, 0.6) is 11.5 Å². The first-order valence-electron chi connectivity index (χ1n) is 20.2. The molecule has 59 heavy (non-hydrogen) atoms. The Morgan fingerprint density at radius 2 is 1.69 bits per heavy atom. The topological polar surface area (TPSA) is 95.1 Å². The van der Waals surface area contributed by atoms with E-state index < -0.39 is 11.7 Å². The highest BCUT2D eigenvalue weighted by Crippen LogP contribution is 2.44. The lowest BCUT2D eigenvalue weighted by molar-refractivity contribution is 0.0691. The van der Waals surface area contributed by atoms with E-state index in [4.69, 9.17) is 14.5 Å². The Morgan fingerprint density at radius 3 is 2.42 bits per heavy atom. The minimum Gasteiger partial charge on any atom is -0.493 e. The van der Waals surface area contributed by atoms with Crippen molar-refractivity contribution >= 4 is 44.9 Å². The normalized spacial score (nSPS) is 18.0. The van der Waals surface area contributed by atoms with Crippen molar-refractivity contribution in [3.05, 3.63) is 151 Å². The lowest BCUT2D eigenvalue weighted by Gasteiger charge is -2.35. The van der Waals surface area contributed by atoms with E-state index >= 15 is 0 Å². The highest BCUT2D eigenvalue weighted by atomic mass is 32.2. The Morgan fingerprint density at radius 1 is 0.915 bits per heavy atom. The first kappa shape index (κ1) is 39.0. The van der Waals surface area contributed by atoms with Crippen LogP contribution in [0, 0.1) is 12.7 Å². The highest BCUT2D eigenvalue weighted by Gasteiger charge is 2.35. The number of rotatable bonds is 9. The summed E-state index contributed by atoms with van der Waals surface area (Å²) in [6.45, 7) is 5.11. The van der Waals surface area contributed by atoms with Gasteiger partial charge in [-0.25, -0.2) is 9.18 Å². The number of halogens is 1. The second-order valence-electron chi connectivity index (χ2n) is 15.5. The van der Waals surface area contributed by atoms with E-state index in [0.29, 0.717) is 71.1 Å². The van der Waals surface area contributed by atoms with Gasteiger partial charge in [0.15, 0.2) is 11.5 Å². The second kappa shape index (κ2) is 16.3. The summed E-state index contributed by atoms with van der Waals surface area (Å²) in [5, 5.41) is 0. The van der Waals surface area contributed by atoms with Crippen molar-refractivity contribution in [2.24, 2.45) is 4.99 Å². The minimum absolute atomic E-state index is 0.0965. The molecule has 0 unspecified atom stereocenters. The molecule has 9 nitrogen and oxygen atoms in total. The first-order valence-corrected chi connectivity index (χ1v) is 22.2. The molecule has 3 aliphatic rings.